The van der Waals surface area contributed by atoms with E-state index in [0.717, 1.165) is 46.2 Å². The van der Waals surface area contributed by atoms with E-state index in [1.807, 2.05) is 12.1 Å². The molecule has 0 amide bonds. The maximum absolute atomic E-state index is 12.9. The van der Waals surface area contributed by atoms with Crippen molar-refractivity contribution < 1.29 is 47.5 Å². The number of fused-ring (bicyclic) bond motifs is 6. The zero-order chi connectivity index (χ0) is 37.2. The molecule has 5 rings (SSSR count). The van der Waals surface area contributed by atoms with E-state index in [-0.39, 0.29) is 36.9 Å². The minimum atomic E-state index is -0.271. The first-order valence-corrected chi connectivity index (χ1v) is 18.0. The van der Waals surface area contributed by atoms with Gasteiger partial charge < -0.3 is 37.9 Å². The van der Waals surface area contributed by atoms with E-state index in [0.29, 0.717) is 86.2 Å². The van der Waals surface area contributed by atoms with Crippen LogP contribution in [-0.4, -0.2) is 85.8 Å². The van der Waals surface area contributed by atoms with Crippen LogP contribution in [0.5, 0.6) is 34.5 Å². The molecule has 2 heterocycles. The SMILES string of the molecule is COc1cc2c(cc1OC)[C@@H]1Cc3ccc(OC)c(OC)c3CCC(=O)OCCCCCOC(=O)CCc3c(ccc(OC)c3OC)CC(C2)N1C. The molecule has 2 atom stereocenters. The maximum atomic E-state index is 12.9. The summed E-state index contributed by atoms with van der Waals surface area (Å²) < 4.78 is 45.9. The second kappa shape index (κ2) is 18.2. The van der Waals surface area contributed by atoms with E-state index in [1.54, 1.807) is 42.7 Å². The Labute approximate surface area is 307 Å². The molecular weight excluding hydrogens is 666 g/mol. The van der Waals surface area contributed by atoms with Gasteiger partial charge in [0.1, 0.15) is 0 Å². The van der Waals surface area contributed by atoms with Gasteiger partial charge in [0.2, 0.25) is 0 Å². The van der Waals surface area contributed by atoms with Gasteiger partial charge in [0, 0.05) is 36.1 Å². The molecule has 11 heteroatoms. The van der Waals surface area contributed by atoms with Crippen LogP contribution < -0.4 is 28.4 Å². The molecule has 0 N–H and O–H groups in total. The van der Waals surface area contributed by atoms with Gasteiger partial charge in [-0.15, -0.1) is 0 Å². The molecule has 2 aliphatic heterocycles. The quantitative estimate of drug-likeness (QED) is 0.270. The van der Waals surface area contributed by atoms with Crippen LogP contribution in [-0.2, 0) is 51.2 Å². The number of ether oxygens (including phenoxy) is 8. The average Bonchev–Trinajstić information content (AvgIpc) is 3.16. The molecule has 11 nitrogen and oxygen atoms in total. The minimum Gasteiger partial charge on any atom is -0.493 e. The molecule has 52 heavy (non-hydrogen) atoms. The topological polar surface area (TPSA) is 111 Å². The number of nitrogens with zero attached hydrogens (tertiary/aromatic N) is 1. The van der Waals surface area contributed by atoms with Gasteiger partial charge in [0.05, 0.1) is 55.9 Å². The first-order valence-electron chi connectivity index (χ1n) is 18.0. The number of carbonyl (C=O) groups excluding carboxylic acids is 2. The normalized spacial score (nSPS) is 19.2. The van der Waals surface area contributed by atoms with Crippen LogP contribution >= 0.6 is 0 Å². The predicted molar refractivity (Wildman–Crippen MR) is 196 cm³/mol. The van der Waals surface area contributed by atoms with Crippen LogP contribution in [0.1, 0.15) is 71.5 Å². The Balaban J connectivity index is 1.62. The molecular formula is C41H53NO10. The van der Waals surface area contributed by atoms with Crippen molar-refractivity contribution in [1.29, 1.82) is 0 Å². The molecule has 0 fully saturated rings. The molecule has 2 bridgehead atoms. The molecule has 0 spiro atoms. The van der Waals surface area contributed by atoms with Crippen molar-refractivity contribution in [3.63, 3.8) is 0 Å². The van der Waals surface area contributed by atoms with Gasteiger partial charge in [0.25, 0.3) is 0 Å². The third kappa shape index (κ3) is 8.69. The van der Waals surface area contributed by atoms with Gasteiger partial charge in [-0.2, -0.15) is 0 Å². The van der Waals surface area contributed by atoms with Crippen molar-refractivity contribution in [2.24, 2.45) is 0 Å². The summed E-state index contributed by atoms with van der Waals surface area (Å²) in [5.74, 6) is 3.28. The number of hydrogen-bond donors (Lipinski definition) is 0. The van der Waals surface area contributed by atoms with E-state index >= 15 is 0 Å². The summed E-state index contributed by atoms with van der Waals surface area (Å²) in [4.78, 5) is 28.2. The molecule has 3 aromatic carbocycles. The zero-order valence-corrected chi connectivity index (χ0v) is 31.6. The maximum Gasteiger partial charge on any atom is 0.306 e. The lowest BCUT2D eigenvalue weighted by molar-refractivity contribution is -0.144. The van der Waals surface area contributed by atoms with E-state index in [9.17, 15) is 9.59 Å². The Bertz CT molecular complexity index is 1710. The highest BCUT2D eigenvalue weighted by molar-refractivity contribution is 5.71. The van der Waals surface area contributed by atoms with Gasteiger partial charge in [0.15, 0.2) is 34.5 Å². The zero-order valence-electron chi connectivity index (χ0n) is 31.6. The Morgan fingerprint density at radius 3 is 1.54 bits per heavy atom. The lowest BCUT2D eigenvalue weighted by atomic mass is 9.81. The fraction of sp³-hybridized carbons (Fsp3) is 0.512. The van der Waals surface area contributed by atoms with Crippen molar-refractivity contribution >= 4 is 11.9 Å². The van der Waals surface area contributed by atoms with Crippen LogP contribution in [0.3, 0.4) is 0 Å². The highest BCUT2D eigenvalue weighted by atomic mass is 16.5. The number of methoxy groups -OCH3 is 6. The Hall–Kier alpha value is -4.64. The van der Waals surface area contributed by atoms with Crippen molar-refractivity contribution in [3.8, 4) is 34.5 Å². The van der Waals surface area contributed by atoms with Gasteiger partial charge in [-0.05, 0) is 105 Å². The first-order chi connectivity index (χ1) is 25.3. The highest BCUT2D eigenvalue weighted by Crippen LogP contribution is 2.44. The molecule has 282 valence electrons. The van der Waals surface area contributed by atoms with Crippen LogP contribution in [0.15, 0.2) is 36.4 Å². The van der Waals surface area contributed by atoms with Gasteiger partial charge >= 0.3 is 11.9 Å². The van der Waals surface area contributed by atoms with E-state index in [2.05, 4.69) is 36.2 Å². The lowest BCUT2D eigenvalue weighted by Crippen LogP contribution is -2.43. The van der Waals surface area contributed by atoms with Crippen molar-refractivity contribution in [2.75, 3.05) is 62.9 Å². The minimum absolute atomic E-state index is 0.0656. The molecule has 0 saturated carbocycles. The van der Waals surface area contributed by atoms with E-state index < -0.39 is 0 Å². The largest absolute Gasteiger partial charge is 0.493 e. The Morgan fingerprint density at radius 1 is 0.558 bits per heavy atom. The smallest absolute Gasteiger partial charge is 0.306 e. The monoisotopic (exact) mass is 719 g/mol. The van der Waals surface area contributed by atoms with E-state index in [1.165, 1.54) is 0 Å². The molecule has 2 aliphatic rings. The summed E-state index contributed by atoms with van der Waals surface area (Å²) in [7, 11) is 12.0. The summed E-state index contributed by atoms with van der Waals surface area (Å²) in [5, 5.41) is 0. The Kier molecular flexibility index (Phi) is 13.5. The number of hydrogen-bond acceptors (Lipinski definition) is 11. The molecule has 0 aromatic heterocycles. The van der Waals surface area contributed by atoms with Gasteiger partial charge in [-0.1, -0.05) is 12.1 Å². The fourth-order valence-electron chi connectivity index (χ4n) is 7.57. The second-order valence-corrected chi connectivity index (χ2v) is 13.2. The number of benzene rings is 3. The Morgan fingerprint density at radius 2 is 1.04 bits per heavy atom. The predicted octanol–water partition coefficient (Wildman–Crippen LogP) is 6.26. The number of esters is 2. The first kappa shape index (κ1) is 38.6. The summed E-state index contributed by atoms with van der Waals surface area (Å²) >= 11 is 0. The van der Waals surface area contributed by atoms with Crippen molar-refractivity contribution in [2.45, 2.75) is 76.3 Å². The fourth-order valence-corrected chi connectivity index (χ4v) is 7.57. The number of rotatable bonds is 6. The number of carbonyl (C=O) groups is 2. The number of likely N-dealkylation sites (N-methyl/N-ethyl adjacent to an activating group) is 1. The van der Waals surface area contributed by atoms with Crippen LogP contribution in [0, 0.1) is 0 Å². The van der Waals surface area contributed by atoms with Crippen molar-refractivity contribution in [3.05, 3.63) is 69.8 Å². The van der Waals surface area contributed by atoms with Crippen LogP contribution in [0.25, 0.3) is 0 Å². The average molecular weight is 720 g/mol. The molecule has 0 saturated heterocycles. The molecule has 3 aromatic rings. The van der Waals surface area contributed by atoms with Gasteiger partial charge in [-0.25, -0.2) is 0 Å². The molecule has 0 aliphatic carbocycles. The highest BCUT2D eigenvalue weighted by Gasteiger charge is 2.35. The third-order valence-corrected chi connectivity index (χ3v) is 10.4. The summed E-state index contributed by atoms with van der Waals surface area (Å²) in [5.41, 5.74) is 6.29. The number of cyclic esters (lactones) is 2. The van der Waals surface area contributed by atoms with E-state index in [4.69, 9.17) is 37.9 Å². The summed E-state index contributed by atoms with van der Waals surface area (Å²) in [6.07, 6.45) is 5.50. The summed E-state index contributed by atoms with van der Waals surface area (Å²) in [6.45, 7) is 0.624. The lowest BCUT2D eigenvalue weighted by Gasteiger charge is -2.42. The molecule has 1 unspecified atom stereocenters. The van der Waals surface area contributed by atoms with Crippen LogP contribution in [0.2, 0.25) is 0 Å². The summed E-state index contributed by atoms with van der Waals surface area (Å²) in [6, 6.07) is 12.2. The second-order valence-electron chi connectivity index (χ2n) is 13.2. The van der Waals surface area contributed by atoms with Gasteiger partial charge in [-0.3, -0.25) is 14.5 Å². The van der Waals surface area contributed by atoms with Crippen LogP contribution in [0.4, 0.5) is 0 Å². The standard InChI is InChI=1S/C41H53NO10/c1-42-29-21-26-11-15-34(45-2)40(49-6)30(26)13-17-38(43)51-19-9-8-10-20-52-39(44)18-14-31-27(12-16-35(46-3)41(31)50-7)23-33(42)32-25-37(48-5)36(47-4)24-28(32)22-29/h11-12,15-16,24-25,29,33H,8-10,13-14,17-23H2,1-7H3/t29?,33-/m0/s1. The third-order valence-electron chi connectivity index (χ3n) is 10.4. The van der Waals surface area contributed by atoms with Crippen molar-refractivity contribution in [1.82, 2.24) is 4.90 Å². The molecule has 0 radical (unpaired) electrons.